The van der Waals surface area contributed by atoms with Gasteiger partial charge < -0.3 is 4.43 Å². The topological polar surface area (TPSA) is 26.3 Å². The second-order valence-electron chi connectivity index (χ2n) is 5.26. The molecular formula is C15H31O2SSi. The zero-order valence-electron chi connectivity index (χ0n) is 13.2. The number of carbonyl (C=O) groups is 1. The molecule has 0 heterocycles. The fraction of sp³-hybridized carbons (Fsp3) is 0.933. The van der Waals surface area contributed by atoms with Crippen LogP contribution in [0.1, 0.15) is 65.2 Å². The molecule has 0 bridgehead atoms. The highest BCUT2D eigenvalue weighted by Gasteiger charge is 2.12. The molecule has 0 aromatic rings. The van der Waals surface area contributed by atoms with Crippen LogP contribution in [-0.2, 0) is 9.22 Å². The van der Waals surface area contributed by atoms with Crippen LogP contribution < -0.4 is 0 Å². The minimum Gasteiger partial charge on any atom is -0.414 e. The van der Waals surface area contributed by atoms with E-state index in [1.54, 1.807) is 0 Å². The molecule has 1 atom stereocenters. The van der Waals surface area contributed by atoms with Gasteiger partial charge in [-0.25, -0.2) is 0 Å². The van der Waals surface area contributed by atoms with E-state index in [4.69, 9.17) is 4.43 Å². The summed E-state index contributed by atoms with van der Waals surface area (Å²) in [6.45, 7) is 8.75. The highest BCUT2D eigenvalue weighted by Crippen LogP contribution is 2.16. The van der Waals surface area contributed by atoms with Crippen LogP contribution >= 0.6 is 11.8 Å². The molecule has 113 valence electrons. The molecule has 19 heavy (non-hydrogen) atoms. The standard InChI is InChI=1S/C15H31O2SSi/c1-5-7-8-9-11-15(16)18-13-12-14(10-6-2)17-19(3)4/h14H,5-13H2,1-4H3. The third-order valence-electron chi connectivity index (χ3n) is 2.95. The van der Waals surface area contributed by atoms with Crippen LogP contribution in [0.2, 0.25) is 13.1 Å². The van der Waals surface area contributed by atoms with Crippen molar-refractivity contribution in [3.8, 4) is 0 Å². The number of rotatable bonds is 12. The monoisotopic (exact) mass is 303 g/mol. The summed E-state index contributed by atoms with van der Waals surface area (Å²) in [5.41, 5.74) is 0. The van der Waals surface area contributed by atoms with Crippen molar-refractivity contribution >= 4 is 25.9 Å². The van der Waals surface area contributed by atoms with Gasteiger partial charge in [-0.15, -0.1) is 0 Å². The minimum atomic E-state index is -0.620. The highest BCUT2D eigenvalue weighted by molar-refractivity contribution is 8.13. The van der Waals surface area contributed by atoms with Crippen molar-refractivity contribution in [1.29, 1.82) is 0 Å². The van der Waals surface area contributed by atoms with Crippen molar-refractivity contribution < 1.29 is 9.22 Å². The SMILES string of the molecule is CCCCCCC(=O)SCCC(CCC)O[Si](C)C. The summed E-state index contributed by atoms with van der Waals surface area (Å²) >= 11 is 1.51. The van der Waals surface area contributed by atoms with E-state index in [1.807, 2.05) is 0 Å². The van der Waals surface area contributed by atoms with Gasteiger partial charge in [0, 0.05) is 18.3 Å². The van der Waals surface area contributed by atoms with E-state index < -0.39 is 9.04 Å². The third-order valence-corrected chi connectivity index (χ3v) is 4.72. The first-order valence-electron chi connectivity index (χ1n) is 7.72. The van der Waals surface area contributed by atoms with Gasteiger partial charge in [0.25, 0.3) is 0 Å². The lowest BCUT2D eigenvalue weighted by Gasteiger charge is -2.19. The molecule has 1 radical (unpaired) electrons. The molecule has 0 amide bonds. The molecule has 0 N–H and O–H groups in total. The first kappa shape index (κ1) is 19.2. The van der Waals surface area contributed by atoms with Gasteiger partial charge in [0.05, 0.1) is 0 Å². The molecule has 4 heteroatoms. The van der Waals surface area contributed by atoms with Gasteiger partial charge in [-0.05, 0) is 32.4 Å². The van der Waals surface area contributed by atoms with Crippen LogP contribution in [-0.4, -0.2) is 26.0 Å². The zero-order chi connectivity index (χ0) is 14.5. The summed E-state index contributed by atoms with van der Waals surface area (Å²) in [6, 6.07) is 0. The fourth-order valence-corrected chi connectivity index (χ4v) is 3.79. The van der Waals surface area contributed by atoms with E-state index in [0.29, 0.717) is 11.2 Å². The van der Waals surface area contributed by atoms with Gasteiger partial charge in [0.2, 0.25) is 9.04 Å². The lowest BCUT2D eigenvalue weighted by atomic mass is 10.2. The Hall–Kier alpha value is 0.197. The third kappa shape index (κ3) is 13.0. The Morgan fingerprint density at radius 2 is 1.84 bits per heavy atom. The number of thioether (sulfide) groups is 1. The predicted molar refractivity (Wildman–Crippen MR) is 88.1 cm³/mol. The zero-order valence-corrected chi connectivity index (χ0v) is 15.0. The molecule has 0 rings (SSSR count). The van der Waals surface area contributed by atoms with E-state index in [-0.39, 0.29) is 0 Å². The summed E-state index contributed by atoms with van der Waals surface area (Å²) < 4.78 is 5.96. The highest BCUT2D eigenvalue weighted by atomic mass is 32.2. The normalized spacial score (nSPS) is 12.9. The first-order chi connectivity index (χ1) is 9.10. The minimum absolute atomic E-state index is 0.366. The maximum absolute atomic E-state index is 11.7. The van der Waals surface area contributed by atoms with Crippen LogP contribution in [0, 0.1) is 0 Å². The summed E-state index contributed by atoms with van der Waals surface area (Å²) in [7, 11) is -0.620. The van der Waals surface area contributed by atoms with E-state index in [9.17, 15) is 4.79 Å². The molecular weight excluding hydrogens is 272 g/mol. The Morgan fingerprint density at radius 1 is 1.11 bits per heavy atom. The number of hydrogen-bond donors (Lipinski definition) is 0. The second kappa shape index (κ2) is 13.2. The lowest BCUT2D eigenvalue weighted by Crippen LogP contribution is -2.21. The van der Waals surface area contributed by atoms with Gasteiger partial charge >= 0.3 is 0 Å². The van der Waals surface area contributed by atoms with E-state index in [0.717, 1.165) is 37.9 Å². The Bertz CT molecular complexity index is 222. The van der Waals surface area contributed by atoms with Gasteiger partial charge in [0.15, 0.2) is 5.12 Å². The van der Waals surface area contributed by atoms with Gasteiger partial charge in [-0.1, -0.05) is 51.3 Å². The molecule has 0 aliphatic rings. The average Bonchev–Trinajstić information content (AvgIpc) is 2.34. The maximum atomic E-state index is 11.7. The molecule has 2 nitrogen and oxygen atoms in total. The largest absolute Gasteiger partial charge is 0.414 e. The molecule has 0 saturated carbocycles. The van der Waals surface area contributed by atoms with Crippen molar-refractivity contribution in [3.63, 3.8) is 0 Å². The molecule has 0 fully saturated rings. The van der Waals surface area contributed by atoms with Crippen molar-refractivity contribution in [2.75, 3.05) is 5.75 Å². The van der Waals surface area contributed by atoms with Crippen LogP contribution in [0.15, 0.2) is 0 Å². The smallest absolute Gasteiger partial charge is 0.205 e. The summed E-state index contributed by atoms with van der Waals surface area (Å²) in [5.74, 6) is 0.923. The van der Waals surface area contributed by atoms with Crippen LogP contribution in [0.25, 0.3) is 0 Å². The first-order valence-corrected chi connectivity index (χ1v) is 11.1. The molecule has 1 unspecified atom stereocenters. The van der Waals surface area contributed by atoms with Crippen LogP contribution in [0.3, 0.4) is 0 Å². The Kier molecular flexibility index (Phi) is 13.3. The lowest BCUT2D eigenvalue weighted by molar-refractivity contribution is -0.111. The second-order valence-corrected chi connectivity index (χ2v) is 8.46. The van der Waals surface area contributed by atoms with Gasteiger partial charge in [-0.3, -0.25) is 4.79 Å². The van der Waals surface area contributed by atoms with E-state index in [2.05, 4.69) is 26.9 Å². The Morgan fingerprint density at radius 3 is 2.42 bits per heavy atom. The molecule has 0 aliphatic heterocycles. The van der Waals surface area contributed by atoms with Gasteiger partial charge in [0.1, 0.15) is 0 Å². The Balaban J connectivity index is 3.64. The van der Waals surface area contributed by atoms with E-state index in [1.165, 1.54) is 31.0 Å². The van der Waals surface area contributed by atoms with Crippen molar-refractivity contribution in [2.45, 2.75) is 84.4 Å². The van der Waals surface area contributed by atoms with Crippen molar-refractivity contribution in [2.24, 2.45) is 0 Å². The number of hydrogen-bond acceptors (Lipinski definition) is 3. The predicted octanol–water partition coefficient (Wildman–Crippen LogP) is 5.04. The van der Waals surface area contributed by atoms with Gasteiger partial charge in [-0.2, -0.15) is 0 Å². The maximum Gasteiger partial charge on any atom is 0.205 e. The number of unbranched alkanes of at least 4 members (excludes halogenated alkanes) is 3. The average molecular weight is 304 g/mol. The van der Waals surface area contributed by atoms with E-state index >= 15 is 0 Å². The van der Waals surface area contributed by atoms with Crippen LogP contribution in [0.5, 0.6) is 0 Å². The summed E-state index contributed by atoms with van der Waals surface area (Å²) in [4.78, 5) is 11.7. The molecule has 0 spiro atoms. The van der Waals surface area contributed by atoms with Crippen LogP contribution in [0.4, 0.5) is 0 Å². The quantitative estimate of drug-likeness (QED) is 0.373. The number of carbonyl (C=O) groups excluding carboxylic acids is 1. The molecule has 0 aromatic carbocycles. The van der Waals surface area contributed by atoms with Crippen molar-refractivity contribution in [3.05, 3.63) is 0 Å². The molecule has 0 aliphatic carbocycles. The molecule has 0 saturated heterocycles. The Labute approximate surface area is 125 Å². The fourth-order valence-electron chi connectivity index (χ4n) is 1.99. The summed E-state index contributed by atoms with van der Waals surface area (Å²) in [6.07, 6.45) is 9.17. The summed E-state index contributed by atoms with van der Waals surface area (Å²) in [5, 5.41) is 0.366. The van der Waals surface area contributed by atoms with Crippen molar-refractivity contribution in [1.82, 2.24) is 0 Å². The molecule has 0 aromatic heterocycles.